The minimum Gasteiger partial charge on any atom is -0.507 e. The van der Waals surface area contributed by atoms with Crippen LogP contribution < -0.4 is 4.74 Å². The Morgan fingerprint density at radius 3 is 2.29 bits per heavy atom. The largest absolute Gasteiger partial charge is 0.507 e. The number of carbonyl (C=O) groups excluding carboxylic acids is 1. The normalized spacial score (nSPS) is 10.6. The van der Waals surface area contributed by atoms with Gasteiger partial charge in [-0.15, -0.1) is 0 Å². The van der Waals surface area contributed by atoms with Gasteiger partial charge in [-0.25, -0.2) is 4.79 Å². The highest BCUT2D eigenvalue weighted by Gasteiger charge is 2.16. The fourth-order valence-corrected chi connectivity index (χ4v) is 3.57. The van der Waals surface area contributed by atoms with Gasteiger partial charge in [-0.1, -0.05) is 49.7 Å². The zero-order chi connectivity index (χ0) is 22.4. The molecule has 0 fully saturated rings. The summed E-state index contributed by atoms with van der Waals surface area (Å²) in [6.07, 6.45) is 2.04. The number of hydrogen-bond donors (Lipinski definition) is 2. The van der Waals surface area contributed by atoms with Gasteiger partial charge in [0.05, 0.1) is 11.1 Å². The lowest BCUT2D eigenvalue weighted by Crippen LogP contribution is -2.03. The predicted molar refractivity (Wildman–Crippen MR) is 119 cm³/mol. The van der Waals surface area contributed by atoms with Crippen LogP contribution >= 0.6 is 0 Å². The molecule has 0 amide bonds. The van der Waals surface area contributed by atoms with Crippen LogP contribution in [0.5, 0.6) is 11.5 Å². The molecule has 0 bridgehead atoms. The van der Waals surface area contributed by atoms with E-state index in [4.69, 9.17) is 4.74 Å². The third-order valence-corrected chi connectivity index (χ3v) is 5.09. The van der Waals surface area contributed by atoms with Gasteiger partial charge in [-0.2, -0.15) is 0 Å². The van der Waals surface area contributed by atoms with E-state index < -0.39 is 5.97 Å². The van der Waals surface area contributed by atoms with Gasteiger partial charge in [-0.05, 0) is 60.7 Å². The van der Waals surface area contributed by atoms with E-state index in [1.54, 1.807) is 30.3 Å². The molecular formula is C26H26O5. The lowest BCUT2D eigenvalue weighted by atomic mass is 10.0. The molecule has 0 aromatic heterocycles. The summed E-state index contributed by atoms with van der Waals surface area (Å²) in [4.78, 5) is 22.9. The maximum atomic E-state index is 11.7. The molecule has 0 atom stereocenters. The van der Waals surface area contributed by atoms with Gasteiger partial charge in [0.2, 0.25) is 0 Å². The first kappa shape index (κ1) is 22.1. The molecule has 5 nitrogen and oxygen atoms in total. The smallest absolute Gasteiger partial charge is 0.335 e. The second kappa shape index (κ2) is 9.94. The number of hydrogen-bond acceptors (Lipinski definition) is 4. The zero-order valence-electron chi connectivity index (χ0n) is 17.7. The minimum atomic E-state index is -0.939. The van der Waals surface area contributed by atoms with E-state index in [2.05, 4.69) is 0 Å². The maximum absolute atomic E-state index is 11.7. The van der Waals surface area contributed by atoms with Crippen LogP contribution in [-0.4, -0.2) is 22.0 Å². The number of ketones is 1. The molecule has 0 saturated heterocycles. The first-order valence-corrected chi connectivity index (χ1v) is 10.3. The van der Waals surface area contributed by atoms with Crippen LogP contribution in [0, 0.1) is 0 Å². The summed E-state index contributed by atoms with van der Waals surface area (Å²) >= 11 is 0. The van der Waals surface area contributed by atoms with Crippen molar-refractivity contribution >= 4 is 11.8 Å². The lowest BCUT2D eigenvalue weighted by molar-refractivity contribution is 0.0696. The average Bonchev–Trinajstić information content (AvgIpc) is 2.74. The highest BCUT2D eigenvalue weighted by molar-refractivity contribution is 5.97. The second-order valence-corrected chi connectivity index (χ2v) is 7.54. The zero-order valence-corrected chi connectivity index (χ0v) is 17.7. The predicted octanol–water partition coefficient (Wildman–Crippen LogP) is 5.42. The Labute approximate surface area is 181 Å². The molecule has 0 aliphatic carbocycles. The fraction of sp³-hybridized carbons (Fsp3) is 0.231. The summed E-state index contributed by atoms with van der Waals surface area (Å²) in [5.74, 6) is -0.546. The molecule has 2 N–H and O–H groups in total. The van der Waals surface area contributed by atoms with E-state index in [-0.39, 0.29) is 17.1 Å². The van der Waals surface area contributed by atoms with Crippen molar-refractivity contribution in [2.75, 3.05) is 0 Å². The molecule has 160 valence electrons. The van der Waals surface area contributed by atoms with Crippen LogP contribution in [-0.2, 0) is 19.4 Å². The summed E-state index contributed by atoms with van der Waals surface area (Å²) in [6.45, 7) is 3.76. The highest BCUT2D eigenvalue weighted by Crippen LogP contribution is 2.33. The van der Waals surface area contributed by atoms with Crippen LogP contribution in [0.2, 0.25) is 0 Å². The van der Waals surface area contributed by atoms with Crippen molar-refractivity contribution in [3.05, 3.63) is 94.0 Å². The average molecular weight is 418 g/mol. The Bertz CT molecular complexity index is 1100. The molecule has 0 spiro atoms. The van der Waals surface area contributed by atoms with Crippen LogP contribution in [0.15, 0.2) is 60.7 Å². The van der Waals surface area contributed by atoms with E-state index >= 15 is 0 Å². The van der Waals surface area contributed by atoms with E-state index in [1.165, 1.54) is 6.92 Å². The number of benzene rings is 3. The number of carboxylic acids is 1. The monoisotopic (exact) mass is 418 g/mol. The fourth-order valence-electron chi connectivity index (χ4n) is 3.57. The summed E-state index contributed by atoms with van der Waals surface area (Å²) in [6, 6.07) is 18.2. The Kier molecular flexibility index (Phi) is 7.08. The van der Waals surface area contributed by atoms with Crippen molar-refractivity contribution in [2.24, 2.45) is 0 Å². The van der Waals surface area contributed by atoms with E-state index in [0.29, 0.717) is 36.3 Å². The number of carboxylic acid groups (broad SMARTS) is 1. The molecule has 3 aromatic carbocycles. The Balaban J connectivity index is 1.76. The molecule has 0 aliphatic rings. The van der Waals surface area contributed by atoms with Gasteiger partial charge in [0.15, 0.2) is 5.78 Å². The summed E-state index contributed by atoms with van der Waals surface area (Å²) in [5, 5.41) is 19.7. The first-order valence-electron chi connectivity index (χ1n) is 10.3. The first-order chi connectivity index (χ1) is 14.9. The van der Waals surface area contributed by atoms with Crippen molar-refractivity contribution in [1.82, 2.24) is 0 Å². The number of aromatic hydroxyl groups is 1. The Morgan fingerprint density at radius 1 is 0.935 bits per heavy atom. The number of carbonyl (C=O) groups is 2. The van der Waals surface area contributed by atoms with Crippen molar-refractivity contribution in [3.63, 3.8) is 0 Å². The second-order valence-electron chi connectivity index (χ2n) is 7.54. The molecule has 3 rings (SSSR count). The maximum Gasteiger partial charge on any atom is 0.335 e. The molecule has 0 heterocycles. The van der Waals surface area contributed by atoms with Crippen molar-refractivity contribution in [1.29, 1.82) is 0 Å². The Hall–Kier alpha value is -3.60. The summed E-state index contributed by atoms with van der Waals surface area (Å²) < 4.78 is 6.00. The summed E-state index contributed by atoms with van der Waals surface area (Å²) in [5.41, 5.74) is 4.16. The molecule has 0 radical (unpaired) electrons. The molecule has 31 heavy (non-hydrogen) atoms. The minimum absolute atomic E-state index is 0.00101. The van der Waals surface area contributed by atoms with Gasteiger partial charge in [-0.3, -0.25) is 4.79 Å². The standard InChI is InChI=1S/C26H26O5/c1-3-6-23-24(12-11-22(17(2)27)25(23)28)31-16-20-9-4-7-18(14-20)13-19-8-5-10-21(15-19)26(29)30/h4-5,7-12,14-15,28H,3,6,13,16H2,1-2H3,(H,29,30). The van der Waals surface area contributed by atoms with Gasteiger partial charge >= 0.3 is 5.97 Å². The molecule has 0 saturated carbocycles. The molecular weight excluding hydrogens is 392 g/mol. The topological polar surface area (TPSA) is 83.8 Å². The highest BCUT2D eigenvalue weighted by atomic mass is 16.5. The number of ether oxygens (including phenoxy) is 1. The van der Waals surface area contributed by atoms with Crippen LogP contribution in [0.3, 0.4) is 0 Å². The quantitative estimate of drug-likeness (QED) is 0.454. The van der Waals surface area contributed by atoms with Crippen LogP contribution in [0.1, 0.15) is 63.2 Å². The van der Waals surface area contributed by atoms with E-state index in [1.807, 2.05) is 37.3 Å². The number of phenolic OH excluding ortho intramolecular Hbond substituents is 1. The van der Waals surface area contributed by atoms with Gasteiger partial charge in [0, 0.05) is 5.56 Å². The van der Waals surface area contributed by atoms with Gasteiger partial charge in [0.1, 0.15) is 18.1 Å². The molecule has 0 unspecified atom stereocenters. The molecule has 3 aromatic rings. The number of Topliss-reactive ketones (excluding diaryl/α,β-unsaturated/α-hetero) is 1. The van der Waals surface area contributed by atoms with E-state index in [9.17, 15) is 19.8 Å². The lowest BCUT2D eigenvalue weighted by Gasteiger charge is -2.15. The SMILES string of the molecule is CCCc1c(OCc2cccc(Cc3cccc(C(=O)O)c3)c2)ccc(C(C)=O)c1O. The summed E-state index contributed by atoms with van der Waals surface area (Å²) in [7, 11) is 0. The van der Waals surface area contributed by atoms with Crippen molar-refractivity contribution < 1.29 is 24.5 Å². The number of rotatable bonds is 9. The van der Waals surface area contributed by atoms with Gasteiger partial charge < -0.3 is 14.9 Å². The molecule has 5 heteroatoms. The van der Waals surface area contributed by atoms with Crippen molar-refractivity contribution in [2.45, 2.75) is 39.7 Å². The van der Waals surface area contributed by atoms with Gasteiger partial charge in [0.25, 0.3) is 0 Å². The van der Waals surface area contributed by atoms with E-state index in [0.717, 1.165) is 23.1 Å². The van der Waals surface area contributed by atoms with Crippen molar-refractivity contribution in [3.8, 4) is 11.5 Å². The molecule has 0 aliphatic heterocycles. The van der Waals surface area contributed by atoms with Crippen LogP contribution in [0.25, 0.3) is 0 Å². The third-order valence-electron chi connectivity index (χ3n) is 5.09. The third kappa shape index (κ3) is 5.51. The Morgan fingerprint density at radius 2 is 1.61 bits per heavy atom. The number of aromatic carboxylic acids is 1. The number of phenols is 1. The van der Waals surface area contributed by atoms with Crippen LogP contribution in [0.4, 0.5) is 0 Å².